The van der Waals surface area contributed by atoms with Crippen LogP contribution in [0, 0.1) is 17.3 Å². The van der Waals surface area contributed by atoms with E-state index in [4.69, 9.17) is 4.74 Å². The lowest BCUT2D eigenvalue weighted by atomic mass is 9.76. The van der Waals surface area contributed by atoms with Crippen LogP contribution in [0.25, 0.3) is 0 Å². The van der Waals surface area contributed by atoms with Gasteiger partial charge < -0.3 is 9.64 Å². The Balaban J connectivity index is 1.67. The highest BCUT2D eigenvalue weighted by atomic mass is 16.5. The van der Waals surface area contributed by atoms with Gasteiger partial charge in [0, 0.05) is 42.4 Å². The maximum Gasteiger partial charge on any atom is 0.173 e. The molecule has 0 fully saturated rings. The Morgan fingerprint density at radius 1 is 0.881 bits per heavy atom. The number of rotatable bonds is 14. The number of carbonyl (C=O) groups excluding carboxylic acids is 3. The third-order valence-electron chi connectivity index (χ3n) is 8.40. The fourth-order valence-corrected chi connectivity index (χ4v) is 5.66. The molecule has 0 amide bonds. The number of allylic oxidation sites excluding steroid dienone is 1. The number of nitrogens with zero attached hydrogens (tertiary/aromatic N) is 1. The van der Waals surface area contributed by atoms with Crippen LogP contribution >= 0.6 is 0 Å². The van der Waals surface area contributed by atoms with E-state index in [1.807, 2.05) is 24.3 Å². The maximum atomic E-state index is 13.7. The number of ether oxygens (including phenoxy) is 1. The zero-order chi connectivity index (χ0) is 31.1. The Bertz CT molecular complexity index is 1250. The minimum Gasteiger partial charge on any atom is -0.497 e. The topological polar surface area (TPSA) is 63.7 Å². The van der Waals surface area contributed by atoms with Crippen molar-refractivity contribution in [1.82, 2.24) is 4.90 Å². The molecular weight excluding hydrogens is 522 g/mol. The zero-order valence-electron chi connectivity index (χ0n) is 27.1. The van der Waals surface area contributed by atoms with Crippen molar-refractivity contribution < 1.29 is 19.1 Å². The van der Waals surface area contributed by atoms with E-state index in [-0.39, 0.29) is 28.2 Å². The Morgan fingerprint density at radius 2 is 1.45 bits per heavy atom. The molecule has 0 spiro atoms. The Morgan fingerprint density at radius 3 is 1.98 bits per heavy atom. The molecule has 1 unspecified atom stereocenters. The zero-order valence-corrected chi connectivity index (χ0v) is 27.1. The van der Waals surface area contributed by atoms with Gasteiger partial charge in [0.05, 0.1) is 13.0 Å². The van der Waals surface area contributed by atoms with Crippen molar-refractivity contribution >= 4 is 17.3 Å². The largest absolute Gasteiger partial charge is 0.497 e. The molecule has 5 nitrogen and oxygen atoms in total. The van der Waals surface area contributed by atoms with Crippen LogP contribution < -0.4 is 4.74 Å². The molecule has 2 aromatic rings. The molecule has 2 aromatic carbocycles. The third kappa shape index (κ3) is 8.89. The molecule has 0 radical (unpaired) electrons. The van der Waals surface area contributed by atoms with E-state index >= 15 is 0 Å². The van der Waals surface area contributed by atoms with E-state index < -0.39 is 5.92 Å². The molecule has 1 aliphatic heterocycles. The second-order valence-corrected chi connectivity index (χ2v) is 13.9. The molecule has 1 heterocycles. The van der Waals surface area contributed by atoms with Crippen LogP contribution in [-0.4, -0.2) is 42.4 Å². The number of carbonyl (C=O) groups is 3. The number of methoxy groups -OCH3 is 1. The Hall–Kier alpha value is -3.21. The van der Waals surface area contributed by atoms with E-state index in [0.29, 0.717) is 42.1 Å². The highest BCUT2D eigenvalue weighted by Gasteiger charge is 2.33. The first kappa shape index (κ1) is 33.3. The first-order chi connectivity index (χ1) is 19.7. The van der Waals surface area contributed by atoms with Gasteiger partial charge in [0.15, 0.2) is 17.3 Å². The smallest absolute Gasteiger partial charge is 0.173 e. The SMILES string of the molecule is COc1ccc(C(=O)C(CCCCCC(=O)C2=CN(CC(C)C)CCC2(C)C)C(=O)c2ccc(C(C)(C)C)cc2)cc1. The average molecular weight is 574 g/mol. The van der Waals surface area contributed by atoms with Crippen molar-refractivity contribution in [2.45, 2.75) is 92.4 Å². The molecule has 0 N–H and O–H groups in total. The van der Waals surface area contributed by atoms with Crippen molar-refractivity contribution in [1.29, 1.82) is 0 Å². The van der Waals surface area contributed by atoms with Crippen LogP contribution in [0.15, 0.2) is 60.3 Å². The minimum absolute atomic E-state index is 0.0209. The molecule has 228 valence electrons. The van der Waals surface area contributed by atoms with Crippen LogP contribution in [0.5, 0.6) is 5.75 Å². The molecule has 0 aliphatic carbocycles. The molecular formula is C37H51NO4. The number of ketones is 3. The van der Waals surface area contributed by atoms with Gasteiger partial charge in [-0.3, -0.25) is 14.4 Å². The van der Waals surface area contributed by atoms with Crippen molar-refractivity contribution in [2.24, 2.45) is 17.3 Å². The van der Waals surface area contributed by atoms with E-state index in [1.54, 1.807) is 31.4 Å². The molecule has 1 aliphatic rings. The van der Waals surface area contributed by atoms with Crippen molar-refractivity contribution in [3.05, 3.63) is 77.0 Å². The van der Waals surface area contributed by atoms with E-state index in [0.717, 1.165) is 43.5 Å². The molecule has 5 heteroatoms. The molecule has 0 saturated heterocycles. The lowest BCUT2D eigenvalue weighted by Gasteiger charge is -2.37. The van der Waals surface area contributed by atoms with Gasteiger partial charge in [-0.1, -0.05) is 85.6 Å². The number of hydrogen-bond donors (Lipinski definition) is 0. The normalized spacial score (nSPS) is 15.7. The van der Waals surface area contributed by atoms with Gasteiger partial charge in [0.1, 0.15) is 5.75 Å². The third-order valence-corrected chi connectivity index (χ3v) is 8.40. The van der Waals surface area contributed by atoms with Gasteiger partial charge in [0.2, 0.25) is 0 Å². The summed E-state index contributed by atoms with van der Waals surface area (Å²) in [6.07, 6.45) is 6.25. The summed E-state index contributed by atoms with van der Waals surface area (Å²) in [5.41, 5.74) is 3.00. The van der Waals surface area contributed by atoms with E-state index in [2.05, 4.69) is 59.6 Å². The highest BCUT2D eigenvalue weighted by Crippen LogP contribution is 2.36. The van der Waals surface area contributed by atoms with Crippen LogP contribution in [-0.2, 0) is 10.2 Å². The van der Waals surface area contributed by atoms with Crippen LogP contribution in [0.1, 0.15) is 113 Å². The predicted molar refractivity (Wildman–Crippen MR) is 171 cm³/mol. The summed E-state index contributed by atoms with van der Waals surface area (Å²) in [4.78, 5) is 42.9. The van der Waals surface area contributed by atoms with Crippen LogP contribution in [0.4, 0.5) is 0 Å². The van der Waals surface area contributed by atoms with Gasteiger partial charge in [0.25, 0.3) is 0 Å². The van der Waals surface area contributed by atoms with Gasteiger partial charge >= 0.3 is 0 Å². The van der Waals surface area contributed by atoms with Gasteiger partial charge in [-0.25, -0.2) is 0 Å². The molecule has 42 heavy (non-hydrogen) atoms. The molecule has 0 aromatic heterocycles. The van der Waals surface area contributed by atoms with Gasteiger partial charge in [-0.05, 0) is 65.8 Å². The summed E-state index contributed by atoms with van der Waals surface area (Å²) in [5.74, 6) is 0.352. The fraction of sp³-hybridized carbons (Fsp3) is 0.541. The summed E-state index contributed by atoms with van der Waals surface area (Å²) in [6, 6.07) is 14.6. The second kappa shape index (κ2) is 14.3. The Labute approximate surface area is 253 Å². The van der Waals surface area contributed by atoms with Crippen molar-refractivity contribution in [3.63, 3.8) is 0 Å². The molecule has 1 atom stereocenters. The Kier molecular flexibility index (Phi) is 11.3. The summed E-state index contributed by atoms with van der Waals surface area (Å²) in [6.45, 7) is 17.1. The second-order valence-electron chi connectivity index (χ2n) is 13.9. The number of hydrogen-bond acceptors (Lipinski definition) is 5. The fourth-order valence-electron chi connectivity index (χ4n) is 5.66. The summed E-state index contributed by atoms with van der Waals surface area (Å²) in [5, 5.41) is 0. The average Bonchev–Trinajstić information content (AvgIpc) is 2.94. The lowest BCUT2D eigenvalue weighted by molar-refractivity contribution is -0.117. The maximum absolute atomic E-state index is 13.7. The number of benzene rings is 2. The summed E-state index contributed by atoms with van der Waals surface area (Å²) >= 11 is 0. The van der Waals surface area contributed by atoms with Crippen LogP contribution in [0.2, 0.25) is 0 Å². The van der Waals surface area contributed by atoms with Crippen LogP contribution in [0.3, 0.4) is 0 Å². The minimum atomic E-state index is -0.765. The number of unbranched alkanes of at least 4 members (excludes halogenated alkanes) is 2. The first-order valence-electron chi connectivity index (χ1n) is 15.6. The van der Waals surface area contributed by atoms with Gasteiger partial charge in [-0.2, -0.15) is 0 Å². The monoisotopic (exact) mass is 573 g/mol. The summed E-state index contributed by atoms with van der Waals surface area (Å²) < 4.78 is 5.24. The summed E-state index contributed by atoms with van der Waals surface area (Å²) in [7, 11) is 1.59. The number of Topliss-reactive ketones (excluding diaryl/α,β-unsaturated/α-hetero) is 3. The first-order valence-corrected chi connectivity index (χ1v) is 15.6. The lowest BCUT2D eigenvalue weighted by Crippen LogP contribution is -2.36. The van der Waals surface area contributed by atoms with E-state index in [1.165, 1.54) is 0 Å². The quantitative estimate of drug-likeness (QED) is 0.129. The standard InChI is InChI=1S/C37H51NO4/c1-26(2)24-38-23-22-37(6,7)32(25-38)33(39)13-11-9-10-12-31(35(41)28-16-20-30(42-8)21-17-28)34(40)27-14-18-29(19-15-27)36(3,4)5/h14-21,25-26,31H,9-13,22-24H2,1-8H3. The van der Waals surface area contributed by atoms with E-state index in [9.17, 15) is 14.4 Å². The predicted octanol–water partition coefficient (Wildman–Crippen LogP) is 8.47. The molecule has 0 bridgehead atoms. The van der Waals surface area contributed by atoms with Gasteiger partial charge in [-0.15, -0.1) is 0 Å². The molecule has 3 rings (SSSR count). The van der Waals surface area contributed by atoms with Crippen molar-refractivity contribution in [3.8, 4) is 5.75 Å². The highest BCUT2D eigenvalue weighted by molar-refractivity contribution is 6.16. The molecule has 0 saturated carbocycles. The van der Waals surface area contributed by atoms with Crippen molar-refractivity contribution in [2.75, 3.05) is 20.2 Å².